The zero-order valence-electron chi connectivity index (χ0n) is 11.3. The van der Waals surface area contributed by atoms with Crippen LogP contribution in [0.5, 0.6) is 0 Å². The molecule has 0 aliphatic heterocycles. The molecule has 2 rings (SSSR count). The summed E-state index contributed by atoms with van der Waals surface area (Å²) in [7, 11) is 1.73. The molecule has 0 aliphatic rings. The number of aromatic nitrogens is 1. The van der Waals surface area contributed by atoms with Crippen molar-refractivity contribution in [1.29, 1.82) is 0 Å². The van der Waals surface area contributed by atoms with Gasteiger partial charge in [-0.1, -0.05) is 5.16 Å². The number of amides is 1. The number of nitrogens with zero attached hydrogens (tertiary/aromatic N) is 2. The van der Waals surface area contributed by atoms with Gasteiger partial charge >= 0.3 is 0 Å². The highest BCUT2D eigenvalue weighted by Crippen LogP contribution is 2.15. The zero-order chi connectivity index (χ0) is 14.0. The number of nitrogen functional groups attached to an aromatic ring is 1. The number of carbonyl (C=O) groups is 1. The lowest BCUT2D eigenvalue weighted by molar-refractivity contribution is 0.0782. The predicted molar refractivity (Wildman–Crippen MR) is 72.6 cm³/mol. The third-order valence-electron chi connectivity index (χ3n) is 2.94. The Morgan fingerprint density at radius 2 is 2.11 bits per heavy atom. The molecule has 0 saturated heterocycles. The van der Waals surface area contributed by atoms with Crippen LogP contribution in [0.4, 0.5) is 5.69 Å². The fourth-order valence-electron chi connectivity index (χ4n) is 1.84. The van der Waals surface area contributed by atoms with Crippen LogP contribution in [0.3, 0.4) is 0 Å². The molecule has 0 fully saturated rings. The van der Waals surface area contributed by atoms with Crippen molar-refractivity contribution in [2.45, 2.75) is 20.4 Å². The Morgan fingerprint density at radius 1 is 1.37 bits per heavy atom. The second-order valence-electron chi connectivity index (χ2n) is 4.66. The first-order valence-corrected chi connectivity index (χ1v) is 6.01. The summed E-state index contributed by atoms with van der Waals surface area (Å²) in [5, 5.41) is 3.87. The van der Waals surface area contributed by atoms with Gasteiger partial charge in [-0.15, -0.1) is 0 Å². The molecule has 1 aromatic carbocycles. The molecule has 0 spiro atoms. The molecule has 19 heavy (non-hydrogen) atoms. The van der Waals surface area contributed by atoms with Crippen molar-refractivity contribution in [3.05, 3.63) is 46.8 Å². The third kappa shape index (κ3) is 2.93. The lowest BCUT2D eigenvalue weighted by Gasteiger charge is -2.16. The van der Waals surface area contributed by atoms with Gasteiger partial charge in [0.15, 0.2) is 0 Å². The quantitative estimate of drug-likeness (QED) is 0.857. The van der Waals surface area contributed by atoms with Crippen molar-refractivity contribution in [2.24, 2.45) is 0 Å². The number of aryl methyl sites for hydroxylation is 2. The van der Waals surface area contributed by atoms with Crippen molar-refractivity contribution in [1.82, 2.24) is 10.1 Å². The van der Waals surface area contributed by atoms with Crippen molar-refractivity contribution in [2.75, 3.05) is 12.8 Å². The monoisotopic (exact) mass is 259 g/mol. The first-order valence-electron chi connectivity index (χ1n) is 6.01. The fraction of sp³-hybridized carbons (Fsp3) is 0.286. The van der Waals surface area contributed by atoms with Gasteiger partial charge < -0.3 is 15.2 Å². The van der Waals surface area contributed by atoms with Gasteiger partial charge in [0.05, 0.1) is 6.54 Å². The maximum absolute atomic E-state index is 12.2. The summed E-state index contributed by atoms with van der Waals surface area (Å²) in [5.41, 5.74) is 8.69. The Hall–Kier alpha value is -2.30. The summed E-state index contributed by atoms with van der Waals surface area (Å²) in [6.07, 6.45) is 0. The summed E-state index contributed by atoms with van der Waals surface area (Å²) in [6, 6.07) is 7.09. The van der Waals surface area contributed by atoms with Gasteiger partial charge in [-0.05, 0) is 37.6 Å². The minimum absolute atomic E-state index is 0.0660. The first kappa shape index (κ1) is 13.1. The number of anilines is 1. The molecule has 2 N–H and O–H groups in total. The highest BCUT2D eigenvalue weighted by molar-refractivity contribution is 5.94. The maximum atomic E-state index is 12.2. The number of benzene rings is 1. The van der Waals surface area contributed by atoms with Crippen molar-refractivity contribution >= 4 is 11.6 Å². The topological polar surface area (TPSA) is 72.4 Å². The smallest absolute Gasteiger partial charge is 0.253 e. The molecule has 0 radical (unpaired) electrons. The van der Waals surface area contributed by atoms with Crippen molar-refractivity contribution < 1.29 is 9.32 Å². The van der Waals surface area contributed by atoms with E-state index >= 15 is 0 Å². The molecule has 5 heteroatoms. The second kappa shape index (κ2) is 5.14. The lowest BCUT2D eigenvalue weighted by Crippen LogP contribution is -2.26. The lowest BCUT2D eigenvalue weighted by atomic mass is 10.1. The summed E-state index contributed by atoms with van der Waals surface area (Å²) in [6.45, 7) is 4.12. The van der Waals surface area contributed by atoms with E-state index in [1.165, 1.54) is 0 Å². The average molecular weight is 259 g/mol. The van der Waals surface area contributed by atoms with Crippen molar-refractivity contribution in [3.8, 4) is 0 Å². The van der Waals surface area contributed by atoms with E-state index < -0.39 is 0 Å². The largest absolute Gasteiger partial charge is 0.399 e. The molecular formula is C14H17N3O2. The highest BCUT2D eigenvalue weighted by atomic mass is 16.5. The summed E-state index contributed by atoms with van der Waals surface area (Å²) in [5.74, 6) is 0.669. The van der Waals surface area contributed by atoms with Crippen LogP contribution < -0.4 is 5.73 Å². The number of carbonyl (C=O) groups excluding carboxylic acids is 1. The van der Waals surface area contributed by atoms with E-state index in [4.69, 9.17) is 10.3 Å². The van der Waals surface area contributed by atoms with Crippen LogP contribution in [0.1, 0.15) is 27.4 Å². The van der Waals surface area contributed by atoms with Gasteiger partial charge in [0.2, 0.25) is 0 Å². The molecule has 5 nitrogen and oxygen atoms in total. The van der Waals surface area contributed by atoms with Gasteiger partial charge in [-0.2, -0.15) is 0 Å². The average Bonchev–Trinajstić information content (AvgIpc) is 2.77. The van der Waals surface area contributed by atoms with E-state index in [1.54, 1.807) is 30.1 Å². The number of rotatable bonds is 3. The molecule has 0 unspecified atom stereocenters. The molecule has 0 saturated carbocycles. The van der Waals surface area contributed by atoms with Crippen molar-refractivity contribution in [3.63, 3.8) is 0 Å². The molecule has 0 bridgehead atoms. The maximum Gasteiger partial charge on any atom is 0.253 e. The normalized spacial score (nSPS) is 10.5. The van der Waals surface area contributed by atoms with Crippen LogP contribution in [-0.2, 0) is 6.54 Å². The van der Waals surface area contributed by atoms with Gasteiger partial charge in [0.25, 0.3) is 5.91 Å². The van der Waals surface area contributed by atoms with Crippen LogP contribution in [0, 0.1) is 13.8 Å². The Bertz CT molecular complexity index is 604. The Kier molecular flexibility index (Phi) is 3.55. The third-order valence-corrected chi connectivity index (χ3v) is 2.94. The molecular weight excluding hydrogens is 242 g/mol. The molecule has 1 heterocycles. The van der Waals surface area contributed by atoms with E-state index in [0.717, 1.165) is 17.0 Å². The van der Waals surface area contributed by atoms with Crippen LogP contribution >= 0.6 is 0 Å². The zero-order valence-corrected chi connectivity index (χ0v) is 11.3. The molecule has 0 aliphatic carbocycles. The predicted octanol–water partition coefficient (Wildman–Crippen LogP) is 2.15. The van der Waals surface area contributed by atoms with E-state index in [9.17, 15) is 4.79 Å². The Balaban J connectivity index is 2.12. The van der Waals surface area contributed by atoms with Gasteiger partial charge in [-0.25, -0.2) is 0 Å². The van der Waals surface area contributed by atoms with Gasteiger partial charge in [-0.3, -0.25) is 4.79 Å². The fourth-order valence-corrected chi connectivity index (χ4v) is 1.84. The Labute approximate surface area is 112 Å². The molecule has 0 atom stereocenters. The second-order valence-corrected chi connectivity index (χ2v) is 4.66. The van der Waals surface area contributed by atoms with Gasteiger partial charge in [0.1, 0.15) is 11.5 Å². The molecule has 2 aromatic rings. The van der Waals surface area contributed by atoms with Crippen LogP contribution in [0.2, 0.25) is 0 Å². The minimum atomic E-state index is -0.0660. The summed E-state index contributed by atoms with van der Waals surface area (Å²) >= 11 is 0. The standard InChI is InChI=1S/C14H17N3O2/c1-9-6-11(4-5-13(9)15)14(18)17(3)8-12-7-10(2)19-16-12/h4-7H,8,15H2,1-3H3. The molecule has 1 aromatic heterocycles. The van der Waals surface area contributed by atoms with E-state index in [-0.39, 0.29) is 5.91 Å². The van der Waals surface area contributed by atoms with E-state index in [0.29, 0.717) is 17.8 Å². The summed E-state index contributed by atoms with van der Waals surface area (Å²) < 4.78 is 4.98. The Morgan fingerprint density at radius 3 is 2.68 bits per heavy atom. The number of hydrogen-bond donors (Lipinski definition) is 1. The van der Waals surface area contributed by atoms with Crippen LogP contribution in [-0.4, -0.2) is 23.0 Å². The number of nitrogens with two attached hydrogens (primary N) is 1. The SMILES string of the molecule is Cc1cc(CN(C)C(=O)c2ccc(N)c(C)c2)no1. The minimum Gasteiger partial charge on any atom is -0.399 e. The van der Waals surface area contributed by atoms with Crippen LogP contribution in [0.25, 0.3) is 0 Å². The summed E-state index contributed by atoms with van der Waals surface area (Å²) in [4.78, 5) is 13.8. The molecule has 100 valence electrons. The van der Waals surface area contributed by atoms with Gasteiger partial charge in [0, 0.05) is 24.4 Å². The first-order chi connectivity index (χ1) is 8.97. The van der Waals surface area contributed by atoms with E-state index in [1.807, 2.05) is 19.9 Å². The van der Waals surface area contributed by atoms with E-state index in [2.05, 4.69) is 5.16 Å². The molecule has 1 amide bonds. The number of hydrogen-bond acceptors (Lipinski definition) is 4. The van der Waals surface area contributed by atoms with Crippen LogP contribution in [0.15, 0.2) is 28.8 Å². The highest BCUT2D eigenvalue weighted by Gasteiger charge is 2.14.